The summed E-state index contributed by atoms with van der Waals surface area (Å²) in [6, 6.07) is 0. The van der Waals surface area contributed by atoms with Gasteiger partial charge in [0.1, 0.15) is 10.1 Å². The van der Waals surface area contributed by atoms with Crippen molar-refractivity contribution in [2.75, 3.05) is 6.54 Å². The Hall–Kier alpha value is -0.271. The number of nitrogens with zero attached hydrogens (tertiary/aromatic N) is 1. The van der Waals surface area contributed by atoms with E-state index in [0.717, 1.165) is 4.90 Å². The summed E-state index contributed by atoms with van der Waals surface area (Å²) in [5.74, 6) is -2.02. The number of carbonyl (C=O) groups excluding carboxylic acids is 2. The molecule has 1 aliphatic heterocycles. The molecule has 0 fully saturated rings. The molecular formula is C13H20Cl2NO4Sn. The Morgan fingerprint density at radius 2 is 1.48 bits per heavy atom. The number of aliphatic carboxylic acids is 1. The third-order valence-electron chi connectivity index (χ3n) is 2.33. The second-order valence-corrected chi connectivity index (χ2v) is 14.4. The third kappa shape index (κ3) is 8.06. The van der Waals surface area contributed by atoms with Gasteiger partial charge >= 0.3 is 40.5 Å². The molecular weight excluding hydrogens is 424 g/mol. The Bertz CT molecular complexity index is 411. The van der Waals surface area contributed by atoms with Crippen molar-refractivity contribution in [1.29, 1.82) is 0 Å². The van der Waals surface area contributed by atoms with Gasteiger partial charge in [0.2, 0.25) is 0 Å². The van der Waals surface area contributed by atoms with Crippen molar-refractivity contribution < 1.29 is 19.5 Å². The summed E-state index contributed by atoms with van der Waals surface area (Å²) in [5.41, 5.74) is 0. The quantitative estimate of drug-likeness (QED) is 0.389. The van der Waals surface area contributed by atoms with Crippen molar-refractivity contribution in [3.8, 4) is 0 Å². The van der Waals surface area contributed by atoms with E-state index in [0.29, 0.717) is 19.3 Å². The summed E-state index contributed by atoms with van der Waals surface area (Å²) in [4.78, 5) is 41.2. The molecule has 21 heavy (non-hydrogen) atoms. The normalized spacial score (nSPS) is 14.7. The molecule has 2 amide bonds. The number of halogens is 2. The monoisotopic (exact) mass is 444 g/mol. The minimum atomic E-state index is -0.855. The number of hydrogen-bond donors (Lipinski definition) is 1. The molecule has 0 spiro atoms. The van der Waals surface area contributed by atoms with Crippen LogP contribution in [0.3, 0.4) is 0 Å². The predicted molar refractivity (Wildman–Crippen MR) is 84.9 cm³/mol. The van der Waals surface area contributed by atoms with Gasteiger partial charge in [0.25, 0.3) is 11.8 Å². The third-order valence-corrected chi connectivity index (χ3v) is 3.13. The van der Waals surface area contributed by atoms with Crippen molar-refractivity contribution in [1.82, 2.24) is 4.90 Å². The van der Waals surface area contributed by atoms with Crippen molar-refractivity contribution >= 4 is 60.7 Å². The summed E-state index contributed by atoms with van der Waals surface area (Å²) < 4.78 is 0. The first-order valence-corrected chi connectivity index (χ1v) is 15.9. The molecule has 0 aromatic heterocycles. The van der Waals surface area contributed by atoms with Crippen LogP contribution in [0.4, 0.5) is 0 Å². The van der Waals surface area contributed by atoms with Crippen LogP contribution in [0.2, 0.25) is 14.8 Å². The van der Waals surface area contributed by atoms with E-state index >= 15 is 0 Å². The minimum absolute atomic E-state index is 0.0850. The van der Waals surface area contributed by atoms with E-state index in [1.807, 2.05) is 0 Å². The Morgan fingerprint density at radius 3 is 1.86 bits per heavy atom. The van der Waals surface area contributed by atoms with Gasteiger partial charge in [-0.3, -0.25) is 19.3 Å². The fourth-order valence-electron chi connectivity index (χ4n) is 1.44. The van der Waals surface area contributed by atoms with Gasteiger partial charge in [0.15, 0.2) is 0 Å². The molecule has 1 N–H and O–H groups in total. The summed E-state index contributed by atoms with van der Waals surface area (Å²) in [5, 5.41) is 7.92. The van der Waals surface area contributed by atoms with Crippen molar-refractivity contribution in [2.24, 2.45) is 0 Å². The summed E-state index contributed by atoms with van der Waals surface area (Å²) in [7, 11) is 0. The zero-order valence-electron chi connectivity index (χ0n) is 12.4. The molecule has 0 aromatic carbocycles. The van der Waals surface area contributed by atoms with Gasteiger partial charge in [0, 0.05) is 13.0 Å². The van der Waals surface area contributed by atoms with E-state index in [-0.39, 0.29) is 23.0 Å². The molecule has 1 heterocycles. The van der Waals surface area contributed by atoms with E-state index < -0.39 is 37.5 Å². The number of amides is 2. The van der Waals surface area contributed by atoms with Crippen LogP contribution in [0.25, 0.3) is 0 Å². The first-order valence-electron chi connectivity index (χ1n) is 6.58. The summed E-state index contributed by atoms with van der Waals surface area (Å²) in [6.07, 6.45) is 1.76. The SMILES string of the molecule is O=C(O)CCCCCN1C(=O)C(Cl)=C(Cl)C1=O.[CH3][Sn]([CH3])[CH3]. The molecule has 1 aliphatic rings. The van der Waals surface area contributed by atoms with Crippen LogP contribution in [0, 0.1) is 0 Å². The fraction of sp³-hybridized carbons (Fsp3) is 0.615. The first kappa shape index (κ1) is 20.7. The Balaban J connectivity index is 0.000000885. The van der Waals surface area contributed by atoms with Crippen LogP contribution in [0.15, 0.2) is 10.1 Å². The maximum absolute atomic E-state index is 11.4. The Kier molecular flexibility index (Phi) is 10.3. The molecule has 0 aromatic rings. The van der Waals surface area contributed by atoms with Crippen LogP contribution in [-0.4, -0.2) is 54.1 Å². The Morgan fingerprint density at radius 1 is 1.05 bits per heavy atom. The maximum atomic E-state index is 11.4. The van der Waals surface area contributed by atoms with Gasteiger partial charge in [-0.15, -0.1) is 0 Å². The van der Waals surface area contributed by atoms with Crippen molar-refractivity contribution in [3.63, 3.8) is 0 Å². The number of imide groups is 1. The number of rotatable bonds is 6. The topological polar surface area (TPSA) is 74.7 Å². The van der Waals surface area contributed by atoms with Gasteiger partial charge in [0.05, 0.1) is 0 Å². The molecule has 1 radical (unpaired) electrons. The van der Waals surface area contributed by atoms with Gasteiger partial charge in [-0.2, -0.15) is 0 Å². The van der Waals surface area contributed by atoms with E-state index in [1.54, 1.807) is 0 Å². The number of hydrogen-bond acceptors (Lipinski definition) is 3. The number of carboxylic acids is 1. The van der Waals surface area contributed by atoms with Crippen LogP contribution in [0.5, 0.6) is 0 Å². The van der Waals surface area contributed by atoms with Crippen LogP contribution in [0.1, 0.15) is 25.7 Å². The van der Waals surface area contributed by atoms with Crippen molar-refractivity contribution in [2.45, 2.75) is 40.5 Å². The molecule has 0 atom stereocenters. The molecule has 0 saturated carbocycles. The fourth-order valence-corrected chi connectivity index (χ4v) is 1.81. The predicted octanol–water partition coefficient (Wildman–Crippen LogP) is 3.06. The molecule has 0 saturated heterocycles. The summed E-state index contributed by atoms with van der Waals surface area (Å²) in [6.45, 7) is 0.212. The van der Waals surface area contributed by atoms with Gasteiger partial charge in [-0.1, -0.05) is 29.6 Å². The molecule has 119 valence electrons. The Labute approximate surface area is 142 Å². The molecule has 0 unspecified atom stereocenters. The summed E-state index contributed by atoms with van der Waals surface area (Å²) >= 11 is 10.5. The number of carboxylic acid groups (broad SMARTS) is 1. The molecule has 5 nitrogen and oxygen atoms in total. The standard InChI is InChI=1S/C10H11Cl2NO4.3CH3.Sn/c11-7-8(12)10(17)13(9(7)16)5-3-1-2-4-6(14)15;;;;/h1-5H2,(H,14,15);3*1H3;. The van der Waals surface area contributed by atoms with Crippen LogP contribution in [-0.2, 0) is 14.4 Å². The van der Waals surface area contributed by atoms with E-state index in [2.05, 4.69) is 14.8 Å². The van der Waals surface area contributed by atoms with Gasteiger partial charge in [-0.05, 0) is 12.8 Å². The van der Waals surface area contributed by atoms with Gasteiger partial charge in [-0.25, -0.2) is 0 Å². The van der Waals surface area contributed by atoms with Gasteiger partial charge < -0.3 is 5.11 Å². The molecule has 1 rings (SSSR count). The van der Waals surface area contributed by atoms with Crippen LogP contribution >= 0.6 is 23.2 Å². The van der Waals surface area contributed by atoms with E-state index in [1.165, 1.54) is 0 Å². The molecule has 0 bridgehead atoms. The van der Waals surface area contributed by atoms with Crippen LogP contribution < -0.4 is 0 Å². The average Bonchev–Trinajstić information content (AvgIpc) is 2.54. The van der Waals surface area contributed by atoms with Crippen molar-refractivity contribution in [3.05, 3.63) is 10.1 Å². The number of carbonyl (C=O) groups is 3. The molecule has 0 aliphatic carbocycles. The number of unbranched alkanes of at least 4 members (excludes halogenated alkanes) is 2. The average molecular weight is 444 g/mol. The second-order valence-electron chi connectivity index (χ2n) is 5.09. The van der Waals surface area contributed by atoms with E-state index in [4.69, 9.17) is 28.3 Å². The zero-order valence-corrected chi connectivity index (χ0v) is 16.8. The first-order chi connectivity index (χ1) is 9.68. The zero-order chi connectivity index (χ0) is 16.6. The molecule has 8 heteroatoms. The van der Waals surface area contributed by atoms with E-state index in [9.17, 15) is 14.4 Å². The second kappa shape index (κ2) is 10.5.